The van der Waals surface area contributed by atoms with Crippen LogP contribution in [-0.2, 0) is 10.0 Å². The van der Waals surface area contributed by atoms with Crippen LogP contribution in [0.3, 0.4) is 0 Å². The second-order valence-corrected chi connectivity index (χ2v) is 11.4. The molecule has 0 spiro atoms. The third kappa shape index (κ3) is 4.86. The highest BCUT2D eigenvalue weighted by molar-refractivity contribution is 7.90. The van der Waals surface area contributed by atoms with E-state index in [1.807, 2.05) is 25.1 Å². The standard InChI is InChI=1S/C26H31N5O4S/c1-16-14-26(3,4)31(15-16)24-19(25(32)30-36(33,34)23-11-7-10-22(27)29-23)12-13-20(28-24)18-8-6-9-21(35-5)17(18)2/h6-13,16H,14-15H2,1-5H3,(H2,27,29)(H,30,32). The molecule has 0 bridgehead atoms. The molecule has 1 unspecified atom stereocenters. The Morgan fingerprint density at radius 1 is 1.14 bits per heavy atom. The Kier molecular flexibility index (Phi) is 6.66. The number of carbonyl (C=O) groups is 1. The van der Waals surface area contributed by atoms with Gasteiger partial charge in [0.2, 0.25) is 0 Å². The lowest BCUT2D eigenvalue weighted by Gasteiger charge is -2.34. The Bertz CT molecular complexity index is 1420. The lowest BCUT2D eigenvalue weighted by Crippen LogP contribution is -2.41. The molecule has 2 aromatic heterocycles. The molecule has 0 aliphatic carbocycles. The minimum atomic E-state index is -4.24. The highest BCUT2D eigenvalue weighted by Crippen LogP contribution is 2.39. The summed E-state index contributed by atoms with van der Waals surface area (Å²) < 4.78 is 33.4. The van der Waals surface area contributed by atoms with Gasteiger partial charge >= 0.3 is 0 Å². The summed E-state index contributed by atoms with van der Waals surface area (Å²) >= 11 is 0. The number of ether oxygens (including phenoxy) is 1. The number of nitrogen functional groups attached to an aromatic ring is 1. The molecule has 1 fully saturated rings. The van der Waals surface area contributed by atoms with Crippen LogP contribution in [-0.4, -0.2) is 43.5 Å². The van der Waals surface area contributed by atoms with E-state index < -0.39 is 15.9 Å². The molecule has 0 radical (unpaired) electrons. The van der Waals surface area contributed by atoms with Gasteiger partial charge in [0, 0.05) is 23.2 Å². The molecule has 1 atom stereocenters. The van der Waals surface area contributed by atoms with E-state index in [2.05, 4.69) is 35.4 Å². The van der Waals surface area contributed by atoms with Crippen LogP contribution < -0.4 is 20.1 Å². The minimum Gasteiger partial charge on any atom is -0.496 e. The summed E-state index contributed by atoms with van der Waals surface area (Å²) in [6.07, 6.45) is 0.906. The second kappa shape index (κ2) is 9.42. The van der Waals surface area contributed by atoms with Crippen LogP contribution in [0.4, 0.5) is 11.6 Å². The number of carbonyl (C=O) groups excluding carboxylic acids is 1. The molecule has 4 rings (SSSR count). The molecule has 9 nitrogen and oxygen atoms in total. The zero-order chi connectivity index (χ0) is 26.3. The van der Waals surface area contributed by atoms with E-state index in [4.69, 9.17) is 15.5 Å². The van der Waals surface area contributed by atoms with E-state index in [0.29, 0.717) is 24.0 Å². The molecule has 36 heavy (non-hydrogen) atoms. The van der Waals surface area contributed by atoms with Gasteiger partial charge in [0.25, 0.3) is 15.9 Å². The summed E-state index contributed by atoms with van der Waals surface area (Å²) in [5, 5.41) is -0.330. The smallest absolute Gasteiger partial charge is 0.281 e. The molecule has 1 amide bonds. The SMILES string of the molecule is COc1cccc(-c2ccc(C(=O)NS(=O)(=O)c3cccc(N)n3)c(N3CC(C)CC3(C)C)n2)c1C. The number of benzene rings is 1. The number of amides is 1. The molecule has 3 aromatic rings. The zero-order valence-corrected chi connectivity index (χ0v) is 21.9. The number of hydrogen-bond acceptors (Lipinski definition) is 8. The van der Waals surface area contributed by atoms with Crippen molar-refractivity contribution in [3.05, 3.63) is 59.7 Å². The Hall–Kier alpha value is -3.66. The Morgan fingerprint density at radius 2 is 1.86 bits per heavy atom. The molecular weight excluding hydrogens is 478 g/mol. The first kappa shape index (κ1) is 25.4. The number of nitrogens with zero attached hydrogens (tertiary/aromatic N) is 3. The topological polar surface area (TPSA) is 128 Å². The summed E-state index contributed by atoms with van der Waals surface area (Å²) in [5.74, 6) is 0.787. The fraction of sp³-hybridized carbons (Fsp3) is 0.346. The van der Waals surface area contributed by atoms with Crippen LogP contribution in [0.1, 0.15) is 43.1 Å². The highest BCUT2D eigenvalue weighted by Gasteiger charge is 2.39. The van der Waals surface area contributed by atoms with Gasteiger partial charge in [-0.1, -0.05) is 25.1 Å². The third-order valence-corrected chi connectivity index (χ3v) is 7.71. The Morgan fingerprint density at radius 3 is 2.50 bits per heavy atom. The first-order valence-electron chi connectivity index (χ1n) is 11.7. The number of rotatable bonds is 6. The predicted octanol–water partition coefficient (Wildman–Crippen LogP) is 3.79. The van der Waals surface area contributed by atoms with Crippen LogP contribution >= 0.6 is 0 Å². The average molecular weight is 510 g/mol. The van der Waals surface area contributed by atoms with Crippen LogP contribution in [0.25, 0.3) is 11.3 Å². The third-order valence-electron chi connectivity index (χ3n) is 6.48. The Balaban J connectivity index is 1.80. The van der Waals surface area contributed by atoms with Crippen molar-refractivity contribution in [3.63, 3.8) is 0 Å². The van der Waals surface area contributed by atoms with Crippen LogP contribution in [0.2, 0.25) is 0 Å². The van der Waals surface area contributed by atoms with E-state index in [1.165, 1.54) is 18.2 Å². The number of nitrogens with two attached hydrogens (primary N) is 1. The van der Waals surface area contributed by atoms with Crippen molar-refractivity contribution in [1.82, 2.24) is 14.7 Å². The van der Waals surface area contributed by atoms with Crippen LogP contribution in [0.5, 0.6) is 5.75 Å². The zero-order valence-electron chi connectivity index (χ0n) is 21.1. The number of nitrogens with one attached hydrogen (secondary N) is 1. The quantitative estimate of drug-likeness (QED) is 0.514. The second-order valence-electron chi connectivity index (χ2n) is 9.77. The van der Waals surface area contributed by atoms with Crippen molar-refractivity contribution in [2.75, 3.05) is 24.3 Å². The number of anilines is 2. The van der Waals surface area contributed by atoms with Gasteiger partial charge in [0.05, 0.1) is 18.4 Å². The maximum atomic E-state index is 13.4. The number of sulfonamides is 1. The lowest BCUT2D eigenvalue weighted by molar-refractivity contribution is 0.0981. The largest absolute Gasteiger partial charge is 0.496 e. The first-order chi connectivity index (χ1) is 16.9. The van der Waals surface area contributed by atoms with Crippen molar-refractivity contribution in [1.29, 1.82) is 0 Å². The molecular formula is C26H31N5O4S. The Labute approximate surface area is 211 Å². The monoisotopic (exact) mass is 509 g/mol. The van der Waals surface area contributed by atoms with Gasteiger partial charge in [-0.25, -0.2) is 14.7 Å². The average Bonchev–Trinajstić information content (AvgIpc) is 3.10. The molecule has 3 heterocycles. The number of methoxy groups -OCH3 is 1. The van der Waals surface area contributed by atoms with Gasteiger partial charge < -0.3 is 15.4 Å². The van der Waals surface area contributed by atoms with Crippen molar-refractivity contribution in [2.24, 2.45) is 5.92 Å². The molecule has 10 heteroatoms. The van der Waals surface area contributed by atoms with E-state index in [9.17, 15) is 13.2 Å². The number of pyridine rings is 2. The summed E-state index contributed by atoms with van der Waals surface area (Å²) in [6.45, 7) is 8.97. The highest BCUT2D eigenvalue weighted by atomic mass is 32.2. The van der Waals surface area contributed by atoms with Crippen LogP contribution in [0.15, 0.2) is 53.6 Å². The maximum Gasteiger partial charge on any atom is 0.281 e. The van der Waals surface area contributed by atoms with Gasteiger partial charge in [-0.3, -0.25) is 4.79 Å². The van der Waals surface area contributed by atoms with Gasteiger partial charge in [-0.15, -0.1) is 0 Å². The fourth-order valence-electron chi connectivity index (χ4n) is 4.86. The summed E-state index contributed by atoms with van der Waals surface area (Å²) in [5.41, 5.74) is 7.96. The minimum absolute atomic E-state index is 0.0403. The van der Waals surface area contributed by atoms with Crippen LogP contribution in [0, 0.1) is 12.8 Å². The molecule has 1 saturated heterocycles. The molecule has 190 valence electrons. The van der Waals surface area contributed by atoms with Gasteiger partial charge in [0.15, 0.2) is 5.03 Å². The predicted molar refractivity (Wildman–Crippen MR) is 139 cm³/mol. The molecule has 3 N–H and O–H groups in total. The molecule has 1 aliphatic heterocycles. The summed E-state index contributed by atoms with van der Waals surface area (Å²) in [4.78, 5) is 24.2. The summed E-state index contributed by atoms with van der Waals surface area (Å²) in [7, 11) is -2.63. The van der Waals surface area contributed by atoms with Crippen molar-refractivity contribution in [3.8, 4) is 17.0 Å². The lowest BCUT2D eigenvalue weighted by atomic mass is 9.97. The van der Waals surface area contributed by atoms with E-state index >= 15 is 0 Å². The molecule has 0 saturated carbocycles. The normalized spacial score (nSPS) is 17.1. The fourth-order valence-corrected chi connectivity index (χ4v) is 5.81. The van der Waals surface area contributed by atoms with E-state index in [-0.39, 0.29) is 21.9 Å². The van der Waals surface area contributed by atoms with Crippen molar-refractivity contribution in [2.45, 2.75) is 44.7 Å². The summed E-state index contributed by atoms with van der Waals surface area (Å²) in [6, 6.07) is 13.3. The van der Waals surface area contributed by atoms with E-state index in [1.54, 1.807) is 19.2 Å². The van der Waals surface area contributed by atoms with Crippen molar-refractivity contribution >= 4 is 27.6 Å². The van der Waals surface area contributed by atoms with E-state index in [0.717, 1.165) is 23.3 Å². The number of aromatic nitrogens is 2. The first-order valence-corrected chi connectivity index (χ1v) is 13.1. The van der Waals surface area contributed by atoms with Gasteiger partial charge in [-0.2, -0.15) is 8.42 Å². The van der Waals surface area contributed by atoms with Crippen molar-refractivity contribution < 1.29 is 17.9 Å². The molecule has 1 aromatic carbocycles. The molecule has 1 aliphatic rings. The maximum absolute atomic E-state index is 13.4. The number of hydrogen-bond donors (Lipinski definition) is 2. The van der Waals surface area contributed by atoms with Gasteiger partial charge in [0.1, 0.15) is 17.4 Å². The van der Waals surface area contributed by atoms with Gasteiger partial charge in [-0.05, 0) is 63.4 Å².